The van der Waals surface area contributed by atoms with Crippen LogP contribution in [0.3, 0.4) is 0 Å². The van der Waals surface area contributed by atoms with Gasteiger partial charge in [0.2, 0.25) is 0 Å². The number of carbonyl (C=O) groups is 1. The van der Waals surface area contributed by atoms with Gasteiger partial charge in [0.15, 0.2) is 5.69 Å². The fraction of sp³-hybridized carbons (Fsp3) is 0.706. The molecule has 3 N–H and O–H groups in total. The minimum atomic E-state index is -0.644. The molecule has 2 rings (SSSR count). The number of carbonyl (C=O) groups excluding carboxylic acids is 1. The van der Waals surface area contributed by atoms with Gasteiger partial charge in [-0.3, -0.25) is 19.1 Å². The summed E-state index contributed by atoms with van der Waals surface area (Å²) in [7, 11) is 0. The minimum absolute atomic E-state index is 0.0226. The highest BCUT2D eigenvalue weighted by atomic mass is 16.5. The van der Waals surface area contributed by atoms with Crippen molar-refractivity contribution in [2.24, 2.45) is 11.8 Å². The molecule has 8 heteroatoms. The van der Waals surface area contributed by atoms with Crippen LogP contribution in [-0.4, -0.2) is 34.7 Å². The molecule has 0 saturated carbocycles. The lowest BCUT2D eigenvalue weighted by molar-refractivity contribution is -0.127. The summed E-state index contributed by atoms with van der Waals surface area (Å²) in [6.45, 7) is 9.00. The van der Waals surface area contributed by atoms with Crippen LogP contribution in [-0.2, 0) is 16.1 Å². The molecule has 1 aromatic rings. The van der Waals surface area contributed by atoms with E-state index < -0.39 is 17.4 Å². The van der Waals surface area contributed by atoms with Crippen molar-refractivity contribution >= 4 is 17.4 Å². The molecule has 1 amide bonds. The molecule has 0 aromatic carbocycles. The van der Waals surface area contributed by atoms with E-state index in [1.54, 1.807) is 0 Å². The molecule has 0 unspecified atom stereocenters. The second kappa shape index (κ2) is 7.86. The third-order valence-corrected chi connectivity index (χ3v) is 4.05. The van der Waals surface area contributed by atoms with E-state index >= 15 is 0 Å². The van der Waals surface area contributed by atoms with Crippen LogP contribution in [0.25, 0.3) is 0 Å². The van der Waals surface area contributed by atoms with Crippen LogP contribution in [0.15, 0.2) is 9.59 Å². The third kappa shape index (κ3) is 4.31. The van der Waals surface area contributed by atoms with Gasteiger partial charge >= 0.3 is 5.69 Å². The van der Waals surface area contributed by atoms with Crippen molar-refractivity contribution in [3.63, 3.8) is 0 Å². The molecule has 1 fully saturated rings. The van der Waals surface area contributed by atoms with Crippen molar-refractivity contribution in [2.45, 2.75) is 53.2 Å². The molecule has 2 heterocycles. The lowest BCUT2D eigenvalue weighted by Crippen LogP contribution is -2.46. The average molecular weight is 352 g/mol. The predicted octanol–water partition coefficient (Wildman–Crippen LogP) is 0.943. The second-order valence-electron chi connectivity index (χ2n) is 7.34. The zero-order valence-corrected chi connectivity index (χ0v) is 15.4. The maximum atomic E-state index is 12.9. The van der Waals surface area contributed by atoms with E-state index in [9.17, 15) is 14.4 Å². The van der Waals surface area contributed by atoms with Gasteiger partial charge in [-0.05, 0) is 24.7 Å². The first kappa shape index (κ1) is 19.2. The summed E-state index contributed by atoms with van der Waals surface area (Å²) in [4.78, 5) is 41.2. The van der Waals surface area contributed by atoms with E-state index in [0.29, 0.717) is 26.1 Å². The SMILES string of the molecule is CC(C)CN(C(=O)[C@@H]1CCCO1)c1c(N)n(CC(C)C)c(=O)[nH]c1=O. The standard InChI is InChI=1S/C17H28N4O4/c1-10(2)8-20(16(23)12-6-5-7-25-12)13-14(18)21(9-11(3)4)17(24)19-15(13)22/h10-12H,5-9,18H2,1-4H3,(H,19,22,24)/t12-/m0/s1. The van der Waals surface area contributed by atoms with Gasteiger partial charge in [0.1, 0.15) is 11.9 Å². The molecular formula is C17H28N4O4. The normalized spacial score (nSPS) is 17.4. The van der Waals surface area contributed by atoms with Crippen LogP contribution in [0.5, 0.6) is 0 Å². The molecule has 1 aliphatic heterocycles. The lowest BCUT2D eigenvalue weighted by atomic mass is 10.1. The number of rotatable bonds is 6. The van der Waals surface area contributed by atoms with E-state index in [0.717, 1.165) is 6.42 Å². The van der Waals surface area contributed by atoms with Crippen LogP contribution in [0.2, 0.25) is 0 Å². The summed E-state index contributed by atoms with van der Waals surface area (Å²) in [5.41, 5.74) is 4.99. The molecule has 0 spiro atoms. The second-order valence-corrected chi connectivity index (χ2v) is 7.34. The van der Waals surface area contributed by atoms with E-state index in [4.69, 9.17) is 10.5 Å². The molecule has 1 atom stereocenters. The maximum absolute atomic E-state index is 12.9. The summed E-state index contributed by atoms with van der Waals surface area (Å²) < 4.78 is 6.80. The van der Waals surface area contributed by atoms with Crippen molar-refractivity contribution in [3.8, 4) is 0 Å². The zero-order valence-electron chi connectivity index (χ0n) is 15.4. The number of H-pyrrole nitrogens is 1. The molecule has 25 heavy (non-hydrogen) atoms. The average Bonchev–Trinajstić information content (AvgIpc) is 3.03. The first-order chi connectivity index (χ1) is 11.7. The zero-order chi connectivity index (χ0) is 18.7. The van der Waals surface area contributed by atoms with Gasteiger partial charge in [0, 0.05) is 19.7 Å². The molecule has 8 nitrogen and oxygen atoms in total. The number of nitrogen functional groups attached to an aromatic ring is 1. The van der Waals surface area contributed by atoms with Gasteiger partial charge in [-0.2, -0.15) is 0 Å². The Kier molecular flexibility index (Phi) is 6.05. The fourth-order valence-corrected chi connectivity index (χ4v) is 2.99. The number of aromatic nitrogens is 2. The minimum Gasteiger partial charge on any atom is -0.383 e. The number of hydrogen-bond donors (Lipinski definition) is 2. The Hall–Kier alpha value is -2.09. The van der Waals surface area contributed by atoms with E-state index in [2.05, 4.69) is 4.98 Å². The van der Waals surface area contributed by atoms with E-state index in [1.807, 2.05) is 27.7 Å². The first-order valence-electron chi connectivity index (χ1n) is 8.78. The largest absolute Gasteiger partial charge is 0.383 e. The van der Waals surface area contributed by atoms with Gasteiger partial charge in [0.05, 0.1) is 0 Å². The Morgan fingerprint density at radius 1 is 1.32 bits per heavy atom. The van der Waals surface area contributed by atoms with E-state index in [-0.39, 0.29) is 29.2 Å². The van der Waals surface area contributed by atoms with Crippen molar-refractivity contribution in [2.75, 3.05) is 23.8 Å². The quantitative estimate of drug-likeness (QED) is 0.792. The number of nitrogens with two attached hydrogens (primary N) is 1. The predicted molar refractivity (Wildman–Crippen MR) is 96.7 cm³/mol. The molecule has 0 aliphatic carbocycles. The fourth-order valence-electron chi connectivity index (χ4n) is 2.99. The maximum Gasteiger partial charge on any atom is 0.330 e. The number of nitrogens with one attached hydrogen (secondary N) is 1. The lowest BCUT2D eigenvalue weighted by Gasteiger charge is -2.28. The number of amides is 1. The van der Waals surface area contributed by atoms with Crippen molar-refractivity contribution in [1.29, 1.82) is 0 Å². The number of ether oxygens (including phenoxy) is 1. The van der Waals surface area contributed by atoms with Crippen molar-refractivity contribution in [3.05, 3.63) is 20.8 Å². The summed E-state index contributed by atoms with van der Waals surface area (Å²) in [5, 5.41) is 0. The van der Waals surface area contributed by atoms with Gasteiger partial charge in [0.25, 0.3) is 11.5 Å². The Bertz CT molecular complexity index is 729. The van der Waals surface area contributed by atoms with E-state index in [1.165, 1.54) is 9.47 Å². The number of nitrogens with zero attached hydrogens (tertiary/aromatic N) is 2. The van der Waals surface area contributed by atoms with Gasteiger partial charge in [-0.1, -0.05) is 27.7 Å². The summed E-state index contributed by atoms with van der Waals surface area (Å²) in [5.74, 6) is 0.0217. The highest BCUT2D eigenvalue weighted by molar-refractivity contribution is 5.98. The van der Waals surface area contributed by atoms with Crippen LogP contribution in [0.1, 0.15) is 40.5 Å². The topological polar surface area (TPSA) is 110 Å². The van der Waals surface area contributed by atoms with Crippen molar-refractivity contribution < 1.29 is 9.53 Å². The van der Waals surface area contributed by atoms with Crippen molar-refractivity contribution in [1.82, 2.24) is 9.55 Å². The Labute approximate surface area is 147 Å². The summed E-state index contributed by atoms with van der Waals surface area (Å²) >= 11 is 0. The number of anilines is 2. The molecule has 1 aliphatic rings. The molecule has 0 radical (unpaired) electrons. The van der Waals surface area contributed by atoms with Gasteiger partial charge < -0.3 is 15.4 Å². The smallest absolute Gasteiger partial charge is 0.330 e. The van der Waals surface area contributed by atoms with Gasteiger partial charge in [-0.15, -0.1) is 0 Å². The molecule has 140 valence electrons. The monoisotopic (exact) mass is 352 g/mol. The summed E-state index contributed by atoms with van der Waals surface area (Å²) in [6.07, 6.45) is 0.865. The highest BCUT2D eigenvalue weighted by Crippen LogP contribution is 2.23. The molecule has 1 saturated heterocycles. The highest BCUT2D eigenvalue weighted by Gasteiger charge is 2.32. The molecule has 1 aromatic heterocycles. The number of hydrogen-bond acceptors (Lipinski definition) is 5. The first-order valence-corrected chi connectivity index (χ1v) is 8.78. The molecule has 0 bridgehead atoms. The number of aromatic amines is 1. The Morgan fingerprint density at radius 3 is 2.52 bits per heavy atom. The summed E-state index contributed by atoms with van der Waals surface area (Å²) in [6, 6.07) is 0. The van der Waals surface area contributed by atoms with Gasteiger partial charge in [-0.25, -0.2) is 4.79 Å². The van der Waals surface area contributed by atoms with Crippen LogP contribution in [0.4, 0.5) is 11.5 Å². The van der Waals surface area contributed by atoms with Crippen LogP contribution >= 0.6 is 0 Å². The Balaban J connectivity index is 2.54. The van der Waals surface area contributed by atoms with Crippen LogP contribution in [0, 0.1) is 11.8 Å². The Morgan fingerprint density at radius 2 is 2.00 bits per heavy atom. The van der Waals surface area contributed by atoms with Crippen LogP contribution < -0.4 is 21.9 Å². The third-order valence-electron chi connectivity index (χ3n) is 4.05. The molecular weight excluding hydrogens is 324 g/mol.